The fourth-order valence-corrected chi connectivity index (χ4v) is 3.70. The number of aromatic nitrogens is 2. The first-order chi connectivity index (χ1) is 14.6. The lowest BCUT2D eigenvalue weighted by Crippen LogP contribution is -2.12. The van der Waals surface area contributed by atoms with Crippen LogP contribution in [0, 0.1) is 5.92 Å². The molecule has 2 aliphatic carbocycles. The van der Waals surface area contributed by atoms with E-state index in [-0.39, 0.29) is 24.3 Å². The molecule has 2 amide bonds. The number of hydrogen-bond acceptors (Lipinski definition) is 7. The second-order valence-corrected chi connectivity index (χ2v) is 8.60. The molecule has 0 spiro atoms. The van der Waals surface area contributed by atoms with E-state index in [2.05, 4.69) is 20.8 Å². The van der Waals surface area contributed by atoms with E-state index in [1.165, 1.54) is 11.3 Å². The third kappa shape index (κ3) is 4.51. The molecule has 0 aliphatic heterocycles. The van der Waals surface area contributed by atoms with Crippen molar-refractivity contribution in [3.63, 3.8) is 0 Å². The Hall–Kier alpha value is -3.20. The molecular formula is C21H20N4O4S. The van der Waals surface area contributed by atoms with Crippen LogP contribution in [0.3, 0.4) is 0 Å². The van der Waals surface area contributed by atoms with E-state index in [1.54, 1.807) is 36.4 Å². The zero-order valence-corrected chi connectivity index (χ0v) is 16.9. The standard InChI is InChI=1S/C21H20N4O4S/c26-19(12-1-2-12)24-18-10-9-16(30-18)20(27)22-14-5-7-15(8-6-14)28-11-17-23-21(29-25-17)13-3-4-13/h5-10,12-13H,1-4,11H2,(H,22,27)(H,24,26). The van der Waals surface area contributed by atoms with Gasteiger partial charge < -0.3 is 19.9 Å². The molecular weight excluding hydrogens is 404 g/mol. The van der Waals surface area contributed by atoms with Gasteiger partial charge in [0, 0.05) is 17.5 Å². The topological polar surface area (TPSA) is 106 Å². The number of carbonyl (C=O) groups is 2. The monoisotopic (exact) mass is 424 g/mol. The van der Waals surface area contributed by atoms with Crippen molar-refractivity contribution in [2.75, 3.05) is 10.6 Å². The maximum Gasteiger partial charge on any atom is 0.265 e. The summed E-state index contributed by atoms with van der Waals surface area (Å²) in [5.41, 5.74) is 0.653. The number of ether oxygens (including phenoxy) is 1. The molecule has 5 rings (SSSR count). The molecule has 0 radical (unpaired) electrons. The SMILES string of the molecule is O=C(Nc1ccc(OCc2noc(C3CC3)n2)cc1)c1ccc(NC(=O)C2CC2)s1. The van der Waals surface area contributed by atoms with E-state index in [0.29, 0.717) is 38.9 Å². The van der Waals surface area contributed by atoms with Gasteiger partial charge in [-0.25, -0.2) is 0 Å². The number of carbonyl (C=O) groups excluding carboxylic acids is 2. The van der Waals surface area contributed by atoms with Crippen molar-refractivity contribution in [1.82, 2.24) is 10.1 Å². The van der Waals surface area contributed by atoms with Gasteiger partial charge in [-0.1, -0.05) is 5.16 Å². The Morgan fingerprint density at radius 3 is 2.60 bits per heavy atom. The fourth-order valence-electron chi connectivity index (χ4n) is 2.89. The Bertz CT molecular complexity index is 1070. The lowest BCUT2D eigenvalue weighted by Gasteiger charge is -2.06. The summed E-state index contributed by atoms with van der Waals surface area (Å²) in [6, 6.07) is 10.5. The minimum Gasteiger partial charge on any atom is -0.485 e. The van der Waals surface area contributed by atoms with Gasteiger partial charge in [-0.15, -0.1) is 11.3 Å². The summed E-state index contributed by atoms with van der Waals surface area (Å²) in [6.07, 6.45) is 4.11. The normalized spacial score (nSPS) is 15.6. The average molecular weight is 424 g/mol. The average Bonchev–Trinajstić information content (AvgIpc) is 3.68. The van der Waals surface area contributed by atoms with E-state index < -0.39 is 0 Å². The number of anilines is 2. The van der Waals surface area contributed by atoms with Crippen molar-refractivity contribution in [3.05, 3.63) is 53.0 Å². The summed E-state index contributed by atoms with van der Waals surface area (Å²) >= 11 is 1.26. The van der Waals surface area contributed by atoms with Gasteiger partial charge in [-0.2, -0.15) is 4.98 Å². The van der Waals surface area contributed by atoms with Gasteiger partial charge in [-0.05, 0) is 62.1 Å². The quantitative estimate of drug-likeness (QED) is 0.562. The van der Waals surface area contributed by atoms with E-state index in [9.17, 15) is 9.59 Å². The molecule has 8 nitrogen and oxygen atoms in total. The zero-order chi connectivity index (χ0) is 20.5. The van der Waals surface area contributed by atoms with Crippen molar-refractivity contribution in [3.8, 4) is 5.75 Å². The Kier molecular flexibility index (Phi) is 4.96. The smallest absolute Gasteiger partial charge is 0.265 e. The molecule has 0 unspecified atom stereocenters. The van der Waals surface area contributed by atoms with Crippen molar-refractivity contribution in [1.29, 1.82) is 0 Å². The first-order valence-corrected chi connectivity index (χ1v) is 10.7. The Balaban J connectivity index is 1.13. The summed E-state index contributed by atoms with van der Waals surface area (Å²) in [6.45, 7) is 0.229. The van der Waals surface area contributed by atoms with E-state index in [1.807, 2.05) is 0 Å². The third-order valence-electron chi connectivity index (χ3n) is 4.91. The minimum atomic E-state index is -0.222. The van der Waals surface area contributed by atoms with Gasteiger partial charge in [0.15, 0.2) is 6.61 Å². The Morgan fingerprint density at radius 2 is 1.87 bits per heavy atom. The van der Waals surface area contributed by atoms with E-state index in [4.69, 9.17) is 9.26 Å². The highest BCUT2D eigenvalue weighted by molar-refractivity contribution is 7.18. The van der Waals surface area contributed by atoms with E-state index >= 15 is 0 Å². The van der Waals surface area contributed by atoms with Crippen LogP contribution in [-0.4, -0.2) is 22.0 Å². The Labute approximate surface area is 176 Å². The van der Waals surface area contributed by atoms with Gasteiger partial charge in [0.1, 0.15) is 5.75 Å². The molecule has 0 atom stereocenters. The molecule has 2 fully saturated rings. The van der Waals surface area contributed by atoms with Crippen LogP contribution in [0.25, 0.3) is 0 Å². The summed E-state index contributed by atoms with van der Waals surface area (Å²) < 4.78 is 10.9. The van der Waals surface area contributed by atoms with Crippen LogP contribution in [-0.2, 0) is 11.4 Å². The minimum absolute atomic E-state index is 0.0315. The van der Waals surface area contributed by atoms with Crippen LogP contribution in [0.2, 0.25) is 0 Å². The maximum atomic E-state index is 12.4. The van der Waals surface area contributed by atoms with Gasteiger partial charge in [0.2, 0.25) is 17.6 Å². The van der Waals surface area contributed by atoms with Crippen LogP contribution >= 0.6 is 11.3 Å². The molecule has 2 N–H and O–H groups in total. The van der Waals surface area contributed by atoms with Crippen LogP contribution in [0.5, 0.6) is 5.75 Å². The molecule has 0 saturated heterocycles. The van der Waals surface area contributed by atoms with Crippen LogP contribution in [0.1, 0.15) is 53.0 Å². The van der Waals surface area contributed by atoms with Crippen molar-refractivity contribution < 1.29 is 18.8 Å². The van der Waals surface area contributed by atoms with E-state index in [0.717, 1.165) is 25.7 Å². The van der Waals surface area contributed by atoms with Gasteiger partial charge in [0.25, 0.3) is 5.91 Å². The van der Waals surface area contributed by atoms with Gasteiger partial charge in [-0.3, -0.25) is 9.59 Å². The van der Waals surface area contributed by atoms with Crippen molar-refractivity contribution >= 4 is 33.8 Å². The van der Waals surface area contributed by atoms with Gasteiger partial charge in [0.05, 0.1) is 9.88 Å². The highest BCUT2D eigenvalue weighted by Gasteiger charge is 2.30. The second kappa shape index (κ2) is 7.91. The number of amides is 2. The molecule has 2 aromatic heterocycles. The Morgan fingerprint density at radius 1 is 1.07 bits per heavy atom. The molecule has 30 heavy (non-hydrogen) atoms. The number of thiophene rings is 1. The largest absolute Gasteiger partial charge is 0.485 e. The molecule has 3 aromatic rings. The molecule has 2 aliphatic rings. The predicted molar refractivity (Wildman–Crippen MR) is 111 cm³/mol. The number of rotatable bonds is 8. The van der Waals surface area contributed by atoms with Crippen LogP contribution in [0.4, 0.5) is 10.7 Å². The summed E-state index contributed by atoms with van der Waals surface area (Å²) in [5, 5.41) is 10.3. The summed E-state index contributed by atoms with van der Waals surface area (Å²) in [7, 11) is 0. The summed E-state index contributed by atoms with van der Waals surface area (Å²) in [5.74, 6) is 2.22. The first kappa shape index (κ1) is 18.8. The summed E-state index contributed by atoms with van der Waals surface area (Å²) in [4.78, 5) is 29.1. The fraction of sp³-hybridized carbons (Fsp3) is 0.333. The highest BCUT2D eigenvalue weighted by atomic mass is 32.1. The van der Waals surface area contributed by atoms with Crippen molar-refractivity contribution in [2.45, 2.75) is 38.2 Å². The number of nitrogens with one attached hydrogen (secondary N) is 2. The number of hydrogen-bond donors (Lipinski definition) is 2. The first-order valence-electron chi connectivity index (χ1n) is 9.91. The lowest BCUT2D eigenvalue weighted by molar-refractivity contribution is -0.117. The van der Waals surface area contributed by atoms with Gasteiger partial charge >= 0.3 is 0 Å². The van der Waals surface area contributed by atoms with Crippen molar-refractivity contribution in [2.24, 2.45) is 5.92 Å². The maximum absolute atomic E-state index is 12.4. The number of nitrogens with zero attached hydrogens (tertiary/aromatic N) is 2. The van der Waals surface area contributed by atoms with Crippen LogP contribution in [0.15, 0.2) is 40.9 Å². The molecule has 9 heteroatoms. The molecule has 2 saturated carbocycles. The molecule has 1 aromatic carbocycles. The molecule has 2 heterocycles. The second-order valence-electron chi connectivity index (χ2n) is 7.52. The molecule has 0 bridgehead atoms. The lowest BCUT2D eigenvalue weighted by atomic mass is 10.3. The van der Waals surface area contributed by atoms with Crippen LogP contribution < -0.4 is 15.4 Å². The molecule has 154 valence electrons. The highest BCUT2D eigenvalue weighted by Crippen LogP contribution is 2.38. The predicted octanol–water partition coefficient (Wildman–Crippen LogP) is 4.19. The third-order valence-corrected chi connectivity index (χ3v) is 5.91. The zero-order valence-electron chi connectivity index (χ0n) is 16.1. The number of benzene rings is 1.